The van der Waals surface area contributed by atoms with Crippen LogP contribution < -0.4 is 15.8 Å². The summed E-state index contributed by atoms with van der Waals surface area (Å²) in [7, 11) is 0. The van der Waals surface area contributed by atoms with Crippen LogP contribution in [0.15, 0.2) is 29.5 Å². The van der Waals surface area contributed by atoms with Gasteiger partial charge < -0.3 is 15.2 Å². The summed E-state index contributed by atoms with van der Waals surface area (Å²) in [4.78, 5) is 38.2. The maximum atomic E-state index is 12.6. The van der Waals surface area contributed by atoms with E-state index < -0.39 is 0 Å². The highest BCUT2D eigenvalue weighted by Crippen LogP contribution is 2.20. The van der Waals surface area contributed by atoms with Crippen LogP contribution in [0.4, 0.5) is 5.82 Å². The molecular weight excluding hydrogens is 318 g/mol. The standard InChI is InChI=1S/C18H21N5O2/c24-17(14-9-12-3-1-5-15(12)22-18(14)25)21-13-4-2-8-23(11-13)16-10-19-6-7-20-16/h6-7,9-10,13H,1-5,8,11H2,(H,21,24)(H,22,25). The number of aromatic nitrogens is 3. The molecule has 1 fully saturated rings. The van der Waals surface area contributed by atoms with Crippen LogP contribution in [0.2, 0.25) is 0 Å². The summed E-state index contributed by atoms with van der Waals surface area (Å²) >= 11 is 0. The number of carbonyl (C=O) groups is 1. The minimum absolute atomic E-state index is 0.00379. The van der Waals surface area contributed by atoms with Crippen molar-refractivity contribution in [2.75, 3.05) is 18.0 Å². The first-order chi connectivity index (χ1) is 12.2. The van der Waals surface area contributed by atoms with Crippen molar-refractivity contribution >= 4 is 11.7 Å². The van der Waals surface area contributed by atoms with Crippen molar-refractivity contribution in [3.05, 3.63) is 51.8 Å². The van der Waals surface area contributed by atoms with E-state index in [9.17, 15) is 9.59 Å². The number of rotatable bonds is 3. The van der Waals surface area contributed by atoms with Crippen LogP contribution >= 0.6 is 0 Å². The number of pyridine rings is 1. The van der Waals surface area contributed by atoms with Crippen LogP contribution in [0.25, 0.3) is 0 Å². The van der Waals surface area contributed by atoms with Crippen LogP contribution in [0.1, 0.15) is 40.9 Å². The molecule has 1 atom stereocenters. The van der Waals surface area contributed by atoms with Crippen molar-refractivity contribution in [1.29, 1.82) is 0 Å². The van der Waals surface area contributed by atoms with E-state index in [4.69, 9.17) is 0 Å². The SMILES string of the molecule is O=C(NC1CCCN(c2cnccn2)C1)c1cc2c([nH]c1=O)CCC2. The summed E-state index contributed by atoms with van der Waals surface area (Å²) in [6.07, 6.45) is 9.75. The molecule has 1 aliphatic heterocycles. The molecule has 25 heavy (non-hydrogen) atoms. The highest BCUT2D eigenvalue weighted by atomic mass is 16.2. The Bertz CT molecular complexity index is 833. The molecule has 2 aliphatic rings. The Morgan fingerprint density at radius 3 is 3.04 bits per heavy atom. The van der Waals surface area contributed by atoms with Crippen molar-refractivity contribution in [2.24, 2.45) is 0 Å². The minimum atomic E-state index is -0.292. The van der Waals surface area contributed by atoms with Crippen molar-refractivity contribution in [3.8, 4) is 0 Å². The normalized spacial score (nSPS) is 19.5. The van der Waals surface area contributed by atoms with Gasteiger partial charge in [0.05, 0.1) is 6.20 Å². The molecule has 1 aliphatic carbocycles. The van der Waals surface area contributed by atoms with Gasteiger partial charge in [-0.2, -0.15) is 0 Å². The second-order valence-electron chi connectivity index (χ2n) is 6.69. The number of H-pyrrole nitrogens is 1. The fraction of sp³-hybridized carbons (Fsp3) is 0.444. The molecule has 7 nitrogen and oxygen atoms in total. The summed E-state index contributed by atoms with van der Waals surface area (Å²) in [6, 6.07) is 1.76. The van der Waals surface area contributed by atoms with Crippen LogP contribution in [-0.4, -0.2) is 40.0 Å². The van der Waals surface area contributed by atoms with E-state index in [1.165, 1.54) is 0 Å². The van der Waals surface area contributed by atoms with Gasteiger partial charge in [-0.25, -0.2) is 4.98 Å². The van der Waals surface area contributed by atoms with E-state index in [0.717, 1.165) is 55.7 Å². The Balaban J connectivity index is 1.47. The van der Waals surface area contributed by atoms with Gasteiger partial charge in [0.25, 0.3) is 11.5 Å². The lowest BCUT2D eigenvalue weighted by Crippen LogP contribution is -2.48. The number of aromatic amines is 1. The average molecular weight is 339 g/mol. The molecule has 3 heterocycles. The van der Waals surface area contributed by atoms with Gasteiger partial charge in [-0.05, 0) is 43.7 Å². The first-order valence-corrected chi connectivity index (χ1v) is 8.77. The predicted octanol–water partition coefficient (Wildman–Crippen LogP) is 1.05. The van der Waals surface area contributed by atoms with E-state index in [0.29, 0.717) is 6.54 Å². The smallest absolute Gasteiger partial charge is 0.261 e. The molecule has 2 aromatic rings. The van der Waals surface area contributed by atoms with Gasteiger partial charge >= 0.3 is 0 Å². The van der Waals surface area contributed by atoms with E-state index >= 15 is 0 Å². The quantitative estimate of drug-likeness (QED) is 0.872. The molecule has 0 radical (unpaired) electrons. The van der Waals surface area contributed by atoms with Crippen LogP contribution in [0.3, 0.4) is 0 Å². The minimum Gasteiger partial charge on any atom is -0.353 e. The highest BCUT2D eigenvalue weighted by molar-refractivity contribution is 5.94. The monoisotopic (exact) mass is 339 g/mol. The topological polar surface area (TPSA) is 91.0 Å². The molecule has 130 valence electrons. The number of anilines is 1. The second-order valence-corrected chi connectivity index (χ2v) is 6.69. The second kappa shape index (κ2) is 6.66. The van der Waals surface area contributed by atoms with Gasteiger partial charge in [0, 0.05) is 37.2 Å². The summed E-state index contributed by atoms with van der Waals surface area (Å²) < 4.78 is 0. The average Bonchev–Trinajstić information content (AvgIpc) is 3.09. The van der Waals surface area contributed by atoms with Crippen LogP contribution in [-0.2, 0) is 12.8 Å². The highest BCUT2D eigenvalue weighted by Gasteiger charge is 2.24. The number of hydrogen-bond acceptors (Lipinski definition) is 5. The zero-order valence-electron chi connectivity index (χ0n) is 14.0. The molecule has 0 aromatic carbocycles. The number of aryl methyl sites for hydroxylation is 2. The Kier molecular flexibility index (Phi) is 4.21. The number of carbonyl (C=O) groups excluding carboxylic acids is 1. The van der Waals surface area contributed by atoms with Crippen molar-refractivity contribution in [3.63, 3.8) is 0 Å². The van der Waals surface area contributed by atoms with Gasteiger partial charge in [-0.3, -0.25) is 14.6 Å². The van der Waals surface area contributed by atoms with Gasteiger partial charge in [0.15, 0.2) is 0 Å². The number of hydrogen-bond donors (Lipinski definition) is 2. The number of nitrogens with zero attached hydrogens (tertiary/aromatic N) is 3. The maximum absolute atomic E-state index is 12.6. The fourth-order valence-electron chi connectivity index (χ4n) is 3.70. The summed E-state index contributed by atoms with van der Waals surface area (Å²) in [6.45, 7) is 1.57. The van der Waals surface area contributed by atoms with E-state index in [2.05, 4.69) is 25.2 Å². The van der Waals surface area contributed by atoms with Crippen molar-refractivity contribution < 1.29 is 4.79 Å². The molecular formula is C18H21N5O2. The number of fused-ring (bicyclic) bond motifs is 1. The van der Waals surface area contributed by atoms with Crippen molar-refractivity contribution in [1.82, 2.24) is 20.3 Å². The first kappa shape index (κ1) is 15.8. The van der Waals surface area contributed by atoms with Gasteiger partial charge in [0.2, 0.25) is 0 Å². The molecule has 1 unspecified atom stereocenters. The predicted molar refractivity (Wildman–Crippen MR) is 93.8 cm³/mol. The third kappa shape index (κ3) is 3.26. The van der Waals surface area contributed by atoms with Gasteiger partial charge in [-0.15, -0.1) is 0 Å². The molecule has 0 spiro atoms. The molecule has 7 heteroatoms. The molecule has 0 saturated carbocycles. The van der Waals surface area contributed by atoms with E-state index in [1.54, 1.807) is 24.7 Å². The Morgan fingerprint density at radius 1 is 1.28 bits per heavy atom. The fourth-order valence-corrected chi connectivity index (χ4v) is 3.70. The Labute approximate surface area is 145 Å². The van der Waals surface area contributed by atoms with Gasteiger partial charge in [-0.1, -0.05) is 0 Å². The molecule has 2 aromatic heterocycles. The maximum Gasteiger partial charge on any atom is 0.261 e. The molecule has 1 saturated heterocycles. The molecule has 4 rings (SSSR count). The lowest BCUT2D eigenvalue weighted by atomic mass is 10.0. The first-order valence-electron chi connectivity index (χ1n) is 8.77. The number of piperidine rings is 1. The van der Waals surface area contributed by atoms with Crippen LogP contribution in [0, 0.1) is 0 Å². The largest absolute Gasteiger partial charge is 0.353 e. The molecule has 0 bridgehead atoms. The van der Waals surface area contributed by atoms with Crippen LogP contribution in [0.5, 0.6) is 0 Å². The third-order valence-electron chi connectivity index (χ3n) is 4.96. The summed E-state index contributed by atoms with van der Waals surface area (Å²) in [5, 5.41) is 3.02. The number of nitrogens with one attached hydrogen (secondary N) is 2. The Hall–Kier alpha value is -2.70. The lowest BCUT2D eigenvalue weighted by Gasteiger charge is -2.33. The zero-order valence-corrected chi connectivity index (χ0v) is 14.0. The van der Waals surface area contributed by atoms with Gasteiger partial charge in [0.1, 0.15) is 11.4 Å². The summed E-state index contributed by atoms with van der Waals surface area (Å²) in [5.74, 6) is 0.527. The lowest BCUT2D eigenvalue weighted by molar-refractivity contribution is 0.0931. The zero-order chi connectivity index (χ0) is 17.2. The molecule has 2 N–H and O–H groups in total. The van der Waals surface area contributed by atoms with E-state index in [1.807, 2.05) is 0 Å². The third-order valence-corrected chi connectivity index (χ3v) is 4.96. The molecule has 1 amide bonds. The summed E-state index contributed by atoms with van der Waals surface area (Å²) in [5.41, 5.74) is 2.00. The number of amides is 1. The van der Waals surface area contributed by atoms with Crippen molar-refractivity contribution in [2.45, 2.75) is 38.1 Å². The Morgan fingerprint density at radius 2 is 2.20 bits per heavy atom. The van der Waals surface area contributed by atoms with E-state index in [-0.39, 0.29) is 23.1 Å².